The van der Waals surface area contributed by atoms with Crippen LogP contribution in [0.25, 0.3) is 21.9 Å². The van der Waals surface area contributed by atoms with Gasteiger partial charge in [-0.15, -0.1) is 0 Å². The molecule has 0 radical (unpaired) electrons. The summed E-state index contributed by atoms with van der Waals surface area (Å²) in [6.45, 7) is 1.95. The molecule has 0 fully saturated rings. The van der Waals surface area contributed by atoms with E-state index < -0.39 is 0 Å². The van der Waals surface area contributed by atoms with Gasteiger partial charge in [0.1, 0.15) is 28.1 Å². The van der Waals surface area contributed by atoms with E-state index in [0.29, 0.717) is 33.4 Å². The van der Waals surface area contributed by atoms with Crippen LogP contribution in [0.15, 0.2) is 39.5 Å². The van der Waals surface area contributed by atoms with Gasteiger partial charge in [0.05, 0.1) is 19.6 Å². The van der Waals surface area contributed by atoms with Gasteiger partial charge in [-0.1, -0.05) is 6.07 Å². The third kappa shape index (κ3) is 1.81. The first-order chi connectivity index (χ1) is 9.63. The van der Waals surface area contributed by atoms with Crippen LogP contribution in [0.3, 0.4) is 0 Å². The zero-order valence-corrected chi connectivity index (χ0v) is 11.5. The summed E-state index contributed by atoms with van der Waals surface area (Å²) in [5.41, 5.74) is 1.97. The second-order valence-corrected chi connectivity index (χ2v) is 4.63. The van der Waals surface area contributed by atoms with Crippen molar-refractivity contribution in [3.63, 3.8) is 0 Å². The van der Waals surface area contributed by atoms with E-state index in [9.17, 15) is 4.79 Å². The summed E-state index contributed by atoms with van der Waals surface area (Å²) < 4.78 is 16.3. The van der Waals surface area contributed by atoms with E-state index in [2.05, 4.69) is 0 Å². The summed E-state index contributed by atoms with van der Waals surface area (Å²) in [7, 11) is 3.08. The normalized spacial score (nSPS) is 10.9. The molecule has 1 aromatic heterocycles. The summed E-state index contributed by atoms with van der Waals surface area (Å²) in [6.07, 6.45) is 0. The fourth-order valence-electron chi connectivity index (χ4n) is 2.30. The predicted molar refractivity (Wildman–Crippen MR) is 77.8 cm³/mol. The molecule has 0 saturated heterocycles. The molecule has 1 heterocycles. The van der Waals surface area contributed by atoms with Gasteiger partial charge in [-0.3, -0.25) is 4.79 Å². The summed E-state index contributed by atoms with van der Waals surface area (Å²) in [4.78, 5) is 12.6. The Labute approximate surface area is 115 Å². The monoisotopic (exact) mass is 270 g/mol. The fraction of sp³-hybridized carbons (Fsp3) is 0.188. The van der Waals surface area contributed by atoms with Crippen LogP contribution >= 0.6 is 0 Å². The lowest BCUT2D eigenvalue weighted by atomic mass is 10.1. The molecule has 0 bridgehead atoms. The van der Waals surface area contributed by atoms with Crippen molar-refractivity contribution in [3.05, 3.63) is 46.1 Å². The van der Waals surface area contributed by atoms with E-state index in [1.807, 2.05) is 19.1 Å². The topological polar surface area (TPSA) is 48.7 Å². The van der Waals surface area contributed by atoms with E-state index in [4.69, 9.17) is 13.9 Å². The molecule has 0 atom stereocenters. The fourth-order valence-corrected chi connectivity index (χ4v) is 2.30. The smallest absolute Gasteiger partial charge is 0.204 e. The van der Waals surface area contributed by atoms with Crippen molar-refractivity contribution in [2.45, 2.75) is 6.92 Å². The van der Waals surface area contributed by atoms with Gasteiger partial charge < -0.3 is 13.9 Å². The second kappa shape index (κ2) is 4.56. The molecule has 0 aliphatic rings. The highest BCUT2D eigenvalue weighted by Gasteiger charge is 2.14. The number of fused-ring (bicyclic) bond motifs is 2. The van der Waals surface area contributed by atoms with Crippen LogP contribution in [0, 0.1) is 6.92 Å². The molecule has 2 aromatic carbocycles. The van der Waals surface area contributed by atoms with Crippen molar-refractivity contribution in [3.8, 4) is 11.5 Å². The number of aryl methyl sites for hydroxylation is 1. The van der Waals surface area contributed by atoms with E-state index >= 15 is 0 Å². The molecule has 3 rings (SSSR count). The van der Waals surface area contributed by atoms with Gasteiger partial charge >= 0.3 is 0 Å². The molecule has 0 N–H and O–H groups in total. The van der Waals surface area contributed by atoms with Gasteiger partial charge in [-0.25, -0.2) is 0 Å². The number of benzene rings is 2. The van der Waals surface area contributed by atoms with E-state index in [1.54, 1.807) is 25.3 Å². The Balaban J connectivity index is 2.52. The number of ether oxygens (including phenoxy) is 2. The van der Waals surface area contributed by atoms with Gasteiger partial charge in [-0.2, -0.15) is 0 Å². The molecule has 0 unspecified atom stereocenters. The maximum absolute atomic E-state index is 12.6. The number of hydrogen-bond donors (Lipinski definition) is 0. The molecule has 102 valence electrons. The predicted octanol–water partition coefficient (Wildman–Crippen LogP) is 3.27. The Morgan fingerprint density at radius 2 is 1.80 bits per heavy atom. The van der Waals surface area contributed by atoms with E-state index in [1.165, 1.54) is 7.11 Å². The highest BCUT2D eigenvalue weighted by molar-refractivity contribution is 5.94. The van der Waals surface area contributed by atoms with Crippen molar-refractivity contribution in [2.24, 2.45) is 0 Å². The molecule has 0 aliphatic carbocycles. The molecular formula is C16H14O4. The van der Waals surface area contributed by atoms with Gasteiger partial charge in [0.15, 0.2) is 0 Å². The van der Waals surface area contributed by atoms with Gasteiger partial charge in [-0.05, 0) is 24.6 Å². The average Bonchev–Trinajstić information content (AvgIpc) is 2.45. The minimum absolute atomic E-state index is 0.0965. The summed E-state index contributed by atoms with van der Waals surface area (Å²) >= 11 is 0. The zero-order chi connectivity index (χ0) is 14.3. The Morgan fingerprint density at radius 3 is 2.50 bits per heavy atom. The Kier molecular flexibility index (Phi) is 2.86. The number of methoxy groups -OCH3 is 2. The third-order valence-electron chi connectivity index (χ3n) is 3.32. The molecule has 20 heavy (non-hydrogen) atoms. The zero-order valence-electron chi connectivity index (χ0n) is 11.5. The van der Waals surface area contributed by atoms with Crippen molar-refractivity contribution < 1.29 is 13.9 Å². The van der Waals surface area contributed by atoms with Crippen LogP contribution < -0.4 is 14.9 Å². The second-order valence-electron chi connectivity index (χ2n) is 4.63. The molecule has 0 saturated carbocycles. The van der Waals surface area contributed by atoms with Crippen molar-refractivity contribution in [2.75, 3.05) is 14.2 Å². The summed E-state index contributed by atoms with van der Waals surface area (Å²) in [5, 5.41) is 0.983. The first-order valence-electron chi connectivity index (χ1n) is 6.23. The lowest BCUT2D eigenvalue weighted by Gasteiger charge is -2.09. The third-order valence-corrected chi connectivity index (χ3v) is 3.32. The van der Waals surface area contributed by atoms with Crippen LogP contribution in [0.4, 0.5) is 0 Å². The summed E-state index contributed by atoms with van der Waals surface area (Å²) in [5.74, 6) is 1.04. The Hall–Kier alpha value is -2.49. The highest BCUT2D eigenvalue weighted by atomic mass is 16.5. The maximum atomic E-state index is 12.6. The van der Waals surface area contributed by atoms with Crippen LogP contribution in [0.1, 0.15) is 5.56 Å². The van der Waals surface area contributed by atoms with Crippen molar-refractivity contribution in [1.82, 2.24) is 0 Å². The first-order valence-corrected chi connectivity index (χ1v) is 6.23. The molecule has 4 nitrogen and oxygen atoms in total. The van der Waals surface area contributed by atoms with E-state index in [0.717, 1.165) is 5.56 Å². The first kappa shape index (κ1) is 12.5. The molecule has 0 amide bonds. The molecule has 3 aromatic rings. The highest BCUT2D eigenvalue weighted by Crippen LogP contribution is 2.31. The molecule has 4 heteroatoms. The Morgan fingerprint density at radius 1 is 1.00 bits per heavy atom. The van der Waals surface area contributed by atoms with Crippen LogP contribution in [-0.2, 0) is 0 Å². The lowest BCUT2D eigenvalue weighted by molar-refractivity contribution is 0.396. The quantitative estimate of drug-likeness (QED) is 0.670. The van der Waals surface area contributed by atoms with E-state index in [-0.39, 0.29) is 5.43 Å². The number of hydrogen-bond acceptors (Lipinski definition) is 4. The average molecular weight is 270 g/mol. The molecule has 0 spiro atoms. The van der Waals surface area contributed by atoms with Gasteiger partial charge in [0.2, 0.25) is 5.43 Å². The van der Waals surface area contributed by atoms with Crippen molar-refractivity contribution >= 4 is 21.9 Å². The number of rotatable bonds is 2. The minimum Gasteiger partial charge on any atom is -0.496 e. The lowest BCUT2D eigenvalue weighted by Crippen LogP contribution is -2.04. The SMILES string of the molecule is COc1cc(OC)c2c(=O)c3ccc(C)cc3oc2c1. The molecule has 0 aliphatic heterocycles. The van der Waals surface area contributed by atoms with Crippen LogP contribution in [0.5, 0.6) is 11.5 Å². The van der Waals surface area contributed by atoms with Crippen LogP contribution in [0.2, 0.25) is 0 Å². The Bertz CT molecular complexity index is 862. The van der Waals surface area contributed by atoms with Gasteiger partial charge in [0.25, 0.3) is 0 Å². The van der Waals surface area contributed by atoms with Crippen LogP contribution in [-0.4, -0.2) is 14.2 Å². The molecular weight excluding hydrogens is 256 g/mol. The van der Waals surface area contributed by atoms with Crippen molar-refractivity contribution in [1.29, 1.82) is 0 Å². The minimum atomic E-state index is -0.0965. The van der Waals surface area contributed by atoms with Gasteiger partial charge in [0, 0.05) is 12.1 Å². The summed E-state index contributed by atoms with van der Waals surface area (Å²) in [6, 6.07) is 8.89. The standard InChI is InChI=1S/C16H14O4/c1-9-4-5-11-12(6-9)20-14-8-10(18-2)7-13(19-3)15(14)16(11)17/h4-8H,1-3H3. The largest absolute Gasteiger partial charge is 0.496 e. The maximum Gasteiger partial charge on any atom is 0.204 e.